The number of aryl methyl sites for hydroxylation is 1. The summed E-state index contributed by atoms with van der Waals surface area (Å²) in [6, 6.07) is 4.03. The number of nitrogens with two attached hydrogens (primary N) is 1. The Balaban J connectivity index is 1.71. The van der Waals surface area contributed by atoms with Gasteiger partial charge < -0.3 is 18.6 Å². The number of hydrogen-bond donors (Lipinski definition) is 1. The van der Waals surface area contributed by atoms with Crippen molar-refractivity contribution in [1.29, 1.82) is 0 Å². The van der Waals surface area contributed by atoms with Crippen molar-refractivity contribution >= 4 is 31.6 Å². The Morgan fingerprint density at radius 1 is 1.24 bits per heavy atom. The summed E-state index contributed by atoms with van der Waals surface area (Å²) >= 11 is 1.13. The maximum Gasteiger partial charge on any atom is 0.332 e. The molecule has 0 bridgehead atoms. The van der Waals surface area contributed by atoms with Crippen molar-refractivity contribution in [3.8, 4) is 16.5 Å². The molecule has 12 nitrogen and oxygen atoms in total. The highest BCUT2D eigenvalue weighted by Gasteiger charge is 2.28. The lowest BCUT2D eigenvalue weighted by Crippen LogP contribution is -2.42. The van der Waals surface area contributed by atoms with Crippen LogP contribution in [0.15, 0.2) is 44.7 Å². The molecule has 2 N–H and O–H groups in total. The Morgan fingerprint density at radius 3 is 2.66 bits per heavy atom. The molecule has 1 atom stereocenters. The second-order valence-electron chi connectivity index (χ2n) is 9.61. The van der Waals surface area contributed by atoms with Crippen molar-refractivity contribution in [2.75, 3.05) is 26.1 Å². The molecular formula is C26H29FN4O8S2. The molecule has 0 aliphatic carbocycles. The highest BCUT2D eigenvalue weighted by Crippen LogP contribution is 2.37. The number of ether oxygens (including phenoxy) is 3. The Kier molecular flexibility index (Phi) is 8.42. The fourth-order valence-corrected chi connectivity index (χ4v) is 6.57. The number of thiophene rings is 1. The lowest BCUT2D eigenvalue weighted by Gasteiger charge is -2.29. The number of halogens is 1. The van der Waals surface area contributed by atoms with E-state index in [0.29, 0.717) is 52.6 Å². The molecule has 4 heterocycles. The lowest BCUT2D eigenvalue weighted by atomic mass is 10.1. The minimum atomic E-state index is -3.99. The minimum absolute atomic E-state index is 0.132. The highest BCUT2D eigenvalue weighted by molar-refractivity contribution is 7.89. The van der Waals surface area contributed by atoms with Gasteiger partial charge in [-0.05, 0) is 43.5 Å². The molecule has 0 saturated carbocycles. The lowest BCUT2D eigenvalue weighted by molar-refractivity contribution is -0.0754. The van der Waals surface area contributed by atoms with Gasteiger partial charge in [-0.3, -0.25) is 13.9 Å². The molecule has 0 spiro atoms. The number of sulfonamides is 1. The first-order valence-corrected chi connectivity index (χ1v) is 15.3. The average molecular weight is 609 g/mol. The number of methoxy groups -OCH3 is 1. The van der Waals surface area contributed by atoms with E-state index >= 15 is 0 Å². The molecule has 0 unspecified atom stereocenters. The zero-order chi connectivity index (χ0) is 29.3. The van der Waals surface area contributed by atoms with Crippen LogP contribution in [-0.2, 0) is 32.6 Å². The topological polar surface area (TPSA) is 158 Å². The summed E-state index contributed by atoms with van der Waals surface area (Å²) in [4.78, 5) is 32.5. The second-order valence-corrected chi connectivity index (χ2v) is 12.3. The van der Waals surface area contributed by atoms with Gasteiger partial charge in [-0.2, -0.15) is 0 Å². The summed E-state index contributed by atoms with van der Waals surface area (Å²) in [7, 11) is -2.54. The largest absolute Gasteiger partial charge is 0.496 e. The first kappa shape index (κ1) is 29.1. The van der Waals surface area contributed by atoms with E-state index in [2.05, 4.69) is 4.98 Å². The normalized spacial score (nSPS) is 15.4. The van der Waals surface area contributed by atoms with E-state index < -0.39 is 45.5 Å². The monoisotopic (exact) mass is 608 g/mol. The van der Waals surface area contributed by atoms with Crippen molar-refractivity contribution in [3.63, 3.8) is 0 Å². The molecule has 5 rings (SSSR count). The number of hydrogen-bond acceptors (Lipinski definition) is 10. The molecule has 1 aromatic carbocycles. The van der Waals surface area contributed by atoms with E-state index in [1.54, 1.807) is 6.92 Å². The predicted molar refractivity (Wildman–Crippen MR) is 149 cm³/mol. The van der Waals surface area contributed by atoms with Crippen molar-refractivity contribution in [1.82, 2.24) is 14.1 Å². The number of nitrogens with zero attached hydrogens (tertiary/aromatic N) is 3. The van der Waals surface area contributed by atoms with Crippen LogP contribution in [0.5, 0.6) is 5.75 Å². The Hall–Kier alpha value is -3.37. The quantitative estimate of drug-likeness (QED) is 0.286. The molecule has 220 valence electrons. The Bertz CT molecular complexity index is 1770. The molecule has 15 heteroatoms. The molecule has 1 aliphatic heterocycles. The van der Waals surface area contributed by atoms with Gasteiger partial charge in [0.15, 0.2) is 0 Å². The summed E-state index contributed by atoms with van der Waals surface area (Å²) in [5.74, 6) is -0.517. The molecule has 1 saturated heterocycles. The average Bonchev–Trinajstić information content (AvgIpc) is 3.58. The van der Waals surface area contributed by atoms with Gasteiger partial charge in [0.25, 0.3) is 5.56 Å². The van der Waals surface area contributed by atoms with Gasteiger partial charge in [0.05, 0.1) is 42.0 Å². The predicted octanol–water partition coefficient (Wildman–Crippen LogP) is 2.56. The van der Waals surface area contributed by atoms with E-state index in [0.717, 1.165) is 15.9 Å². The summed E-state index contributed by atoms with van der Waals surface area (Å²) in [5, 5.41) is 5.39. The van der Waals surface area contributed by atoms with Crippen LogP contribution in [-0.4, -0.2) is 54.7 Å². The zero-order valence-corrected chi connectivity index (χ0v) is 24.0. The number of aromatic nitrogens is 3. The van der Waals surface area contributed by atoms with E-state index in [1.807, 2.05) is 0 Å². The SMILES string of the molecule is COc1ccc(F)cc1[C@H](Cn1c(=O)n(CCS(N)(=O)=O)c(=O)c2c(C)c(-c3ncco3)sc21)OC1CCOCC1. The molecule has 3 aromatic heterocycles. The molecule has 0 amide bonds. The summed E-state index contributed by atoms with van der Waals surface area (Å²) < 4.78 is 63.1. The van der Waals surface area contributed by atoms with Crippen LogP contribution in [0.3, 0.4) is 0 Å². The standard InChI is InChI=1S/C26H29FN4O8S2/c1-15-21-24(32)30(8-12-41(28,34)35)26(33)31(25(21)40-22(15)23-29-7-11-38-23)14-20(39-17-5-9-37-10-6-17)18-13-16(27)3-4-19(18)36-2/h3-4,7,11,13,17,20H,5-6,8-10,12,14H2,1-2H3,(H2,28,34,35)/t20-/m0/s1. The van der Waals surface area contributed by atoms with Gasteiger partial charge in [-0.1, -0.05) is 0 Å². The summed E-state index contributed by atoms with van der Waals surface area (Å²) in [5.41, 5.74) is -0.535. The van der Waals surface area contributed by atoms with Gasteiger partial charge >= 0.3 is 5.69 Å². The van der Waals surface area contributed by atoms with Crippen molar-refractivity contribution < 1.29 is 31.4 Å². The van der Waals surface area contributed by atoms with Crippen LogP contribution in [0, 0.1) is 12.7 Å². The fourth-order valence-electron chi connectivity index (χ4n) is 4.89. The number of fused-ring (bicyclic) bond motifs is 1. The van der Waals surface area contributed by atoms with E-state index in [9.17, 15) is 22.4 Å². The smallest absolute Gasteiger partial charge is 0.332 e. The minimum Gasteiger partial charge on any atom is -0.496 e. The molecule has 4 aromatic rings. The zero-order valence-electron chi connectivity index (χ0n) is 22.4. The van der Waals surface area contributed by atoms with Crippen molar-refractivity contribution in [2.24, 2.45) is 5.14 Å². The number of oxazole rings is 1. The van der Waals surface area contributed by atoms with Crippen LogP contribution in [0.4, 0.5) is 4.39 Å². The third-order valence-electron chi connectivity index (χ3n) is 6.93. The van der Waals surface area contributed by atoms with Crippen LogP contribution >= 0.6 is 11.3 Å². The van der Waals surface area contributed by atoms with E-state index in [1.165, 1.54) is 42.3 Å². The van der Waals surface area contributed by atoms with Gasteiger partial charge in [-0.15, -0.1) is 11.3 Å². The molecule has 1 aliphatic rings. The molecule has 0 radical (unpaired) electrons. The first-order valence-electron chi connectivity index (χ1n) is 12.8. The van der Waals surface area contributed by atoms with Gasteiger partial charge in [0.2, 0.25) is 15.9 Å². The van der Waals surface area contributed by atoms with Crippen molar-refractivity contribution in [2.45, 2.75) is 45.1 Å². The fraction of sp³-hybridized carbons (Fsp3) is 0.423. The van der Waals surface area contributed by atoms with Gasteiger partial charge in [0.1, 0.15) is 28.8 Å². The van der Waals surface area contributed by atoms with Crippen LogP contribution in [0.25, 0.3) is 21.0 Å². The third-order valence-corrected chi connectivity index (χ3v) is 8.99. The van der Waals surface area contributed by atoms with Crippen LogP contribution in [0.2, 0.25) is 0 Å². The van der Waals surface area contributed by atoms with Crippen molar-refractivity contribution in [3.05, 3.63) is 68.4 Å². The molecule has 41 heavy (non-hydrogen) atoms. The van der Waals surface area contributed by atoms with E-state index in [-0.39, 0.29) is 23.9 Å². The number of rotatable bonds is 10. The Labute approximate surface area is 238 Å². The summed E-state index contributed by atoms with van der Waals surface area (Å²) in [6.45, 7) is 2.09. The molecular weight excluding hydrogens is 579 g/mol. The van der Waals surface area contributed by atoms with Crippen LogP contribution < -0.4 is 21.1 Å². The summed E-state index contributed by atoms with van der Waals surface area (Å²) in [6.07, 6.45) is 2.93. The first-order chi connectivity index (χ1) is 19.6. The second kappa shape index (κ2) is 11.9. The van der Waals surface area contributed by atoms with Gasteiger partial charge in [0, 0.05) is 25.3 Å². The van der Waals surface area contributed by atoms with Gasteiger partial charge in [-0.25, -0.2) is 27.7 Å². The number of benzene rings is 1. The number of primary sulfonamides is 1. The Morgan fingerprint density at radius 2 is 2.00 bits per heavy atom. The highest BCUT2D eigenvalue weighted by atomic mass is 32.2. The third kappa shape index (κ3) is 6.13. The molecule has 1 fully saturated rings. The van der Waals surface area contributed by atoms with Crippen LogP contribution in [0.1, 0.15) is 30.1 Å². The maximum atomic E-state index is 14.5. The maximum absolute atomic E-state index is 14.5. The van der Waals surface area contributed by atoms with E-state index in [4.69, 9.17) is 23.8 Å².